The van der Waals surface area contributed by atoms with Crippen LogP contribution in [0.4, 0.5) is 5.69 Å². The number of aliphatic imine (C=N–C) groups is 1. The number of carboxylic acid groups (broad SMARTS) is 1. The molecule has 27 heavy (non-hydrogen) atoms. The number of aromatic carboxylic acids is 1. The van der Waals surface area contributed by atoms with Gasteiger partial charge in [-0.25, -0.2) is 14.5 Å². The largest absolute Gasteiger partial charge is 0.478 e. The zero-order valence-corrected chi connectivity index (χ0v) is 16.1. The fourth-order valence-corrected chi connectivity index (χ4v) is 4.64. The summed E-state index contributed by atoms with van der Waals surface area (Å²) in [5.41, 5.74) is 2.99. The van der Waals surface area contributed by atoms with Crippen LogP contribution in [0.3, 0.4) is 0 Å². The number of fused-ring (bicyclic) bond motifs is 1. The summed E-state index contributed by atoms with van der Waals surface area (Å²) in [5, 5.41) is 21.2. The molecule has 0 amide bonds. The molecule has 1 aromatic carbocycles. The molecule has 8 nitrogen and oxygen atoms in total. The Bertz CT molecular complexity index is 1140. The maximum absolute atomic E-state index is 12.6. The summed E-state index contributed by atoms with van der Waals surface area (Å²) < 4.78 is 2.30. The number of aryl methyl sites for hydroxylation is 1. The highest BCUT2D eigenvalue weighted by molar-refractivity contribution is 8.00. The Labute approximate surface area is 162 Å². The number of thioether (sulfide) groups is 1. The number of rotatable bonds is 4. The van der Waals surface area contributed by atoms with Crippen LogP contribution < -0.4 is 5.56 Å². The van der Waals surface area contributed by atoms with Gasteiger partial charge in [0.1, 0.15) is 10.8 Å². The van der Waals surface area contributed by atoms with E-state index in [-0.39, 0.29) is 11.1 Å². The monoisotopic (exact) mass is 401 g/mol. The van der Waals surface area contributed by atoms with Crippen molar-refractivity contribution in [3.05, 3.63) is 55.9 Å². The average Bonchev–Trinajstić information content (AvgIpc) is 3.31. The van der Waals surface area contributed by atoms with E-state index >= 15 is 0 Å². The van der Waals surface area contributed by atoms with Gasteiger partial charge >= 0.3 is 5.97 Å². The van der Waals surface area contributed by atoms with Crippen LogP contribution >= 0.6 is 23.1 Å². The molecule has 3 aromatic rings. The fourth-order valence-electron chi connectivity index (χ4n) is 2.81. The van der Waals surface area contributed by atoms with Crippen molar-refractivity contribution in [3.8, 4) is 0 Å². The number of nitrogens with zero attached hydrogens (tertiary/aromatic N) is 4. The number of H-pyrrole nitrogens is 1. The van der Waals surface area contributed by atoms with Crippen LogP contribution in [0, 0.1) is 13.8 Å². The van der Waals surface area contributed by atoms with Crippen LogP contribution in [0.25, 0.3) is 0 Å². The van der Waals surface area contributed by atoms with Gasteiger partial charge in [0.15, 0.2) is 4.34 Å². The number of nitrogens with one attached hydrogen (secondary N) is 1. The lowest BCUT2D eigenvalue weighted by Crippen LogP contribution is -2.26. The summed E-state index contributed by atoms with van der Waals surface area (Å²) in [4.78, 5) is 28.3. The molecule has 0 saturated carbocycles. The quantitative estimate of drug-likeness (QED) is 0.650. The van der Waals surface area contributed by atoms with Gasteiger partial charge in [0, 0.05) is 17.7 Å². The molecule has 0 saturated heterocycles. The Morgan fingerprint density at radius 3 is 2.89 bits per heavy atom. The molecule has 3 heterocycles. The third-order valence-electron chi connectivity index (χ3n) is 4.25. The van der Waals surface area contributed by atoms with Crippen molar-refractivity contribution in [1.82, 2.24) is 20.0 Å². The number of aromatic nitrogens is 4. The molecular weight excluding hydrogens is 386 g/mol. The minimum absolute atomic E-state index is 0.149. The van der Waals surface area contributed by atoms with Crippen molar-refractivity contribution in [2.45, 2.75) is 30.4 Å². The predicted molar refractivity (Wildman–Crippen MR) is 104 cm³/mol. The SMILES string of the molecule is Cc1nnc(SCc2[nH]n(C3=Nc4ccc(C(=O)O)cc4C3)c(=O)c2C)s1. The number of benzene rings is 1. The van der Waals surface area contributed by atoms with Crippen molar-refractivity contribution >= 4 is 40.6 Å². The van der Waals surface area contributed by atoms with Crippen LogP contribution in [0.1, 0.15) is 32.2 Å². The smallest absolute Gasteiger partial charge is 0.335 e. The van der Waals surface area contributed by atoms with E-state index in [2.05, 4.69) is 20.3 Å². The molecule has 1 aliphatic rings. The molecule has 138 valence electrons. The standard InChI is InChI=1S/C17H15N5O3S2/c1-8-13(7-26-17-20-19-9(2)27-17)21-22(15(8)23)14-6-11-5-10(16(24)25)3-4-12(11)18-14/h3-5,21H,6-7H2,1-2H3,(H,24,25). The van der Waals surface area contributed by atoms with Crippen molar-refractivity contribution < 1.29 is 9.90 Å². The summed E-state index contributed by atoms with van der Waals surface area (Å²) in [6, 6.07) is 4.78. The Hall–Kier alpha value is -2.72. The molecule has 0 unspecified atom stereocenters. The maximum atomic E-state index is 12.6. The molecule has 1 aliphatic heterocycles. The summed E-state index contributed by atoms with van der Waals surface area (Å²) in [6.07, 6.45) is 0.401. The van der Waals surface area contributed by atoms with Gasteiger partial charge in [0.05, 0.1) is 16.9 Å². The first-order chi connectivity index (χ1) is 12.9. The van der Waals surface area contributed by atoms with Crippen LogP contribution in [0.5, 0.6) is 0 Å². The number of hydrogen-bond acceptors (Lipinski definition) is 7. The number of carbonyl (C=O) groups is 1. The van der Waals surface area contributed by atoms with Gasteiger partial charge in [-0.1, -0.05) is 23.1 Å². The highest BCUT2D eigenvalue weighted by Gasteiger charge is 2.21. The van der Waals surface area contributed by atoms with E-state index in [1.165, 1.54) is 33.8 Å². The highest BCUT2D eigenvalue weighted by atomic mass is 32.2. The normalized spacial score (nSPS) is 12.9. The third-order valence-corrected chi connectivity index (χ3v) is 6.25. The van der Waals surface area contributed by atoms with Crippen LogP contribution in [0.15, 0.2) is 32.3 Å². The second kappa shape index (κ2) is 6.78. The van der Waals surface area contributed by atoms with Crippen molar-refractivity contribution in [2.75, 3.05) is 0 Å². The molecule has 0 spiro atoms. The second-order valence-electron chi connectivity index (χ2n) is 6.09. The second-order valence-corrected chi connectivity index (χ2v) is 8.49. The van der Waals surface area contributed by atoms with Gasteiger partial charge in [-0.15, -0.1) is 10.2 Å². The summed E-state index contributed by atoms with van der Waals surface area (Å²) >= 11 is 3.04. The van der Waals surface area contributed by atoms with E-state index < -0.39 is 5.97 Å². The lowest BCUT2D eigenvalue weighted by molar-refractivity contribution is 0.0697. The van der Waals surface area contributed by atoms with Gasteiger partial charge < -0.3 is 5.11 Å². The lowest BCUT2D eigenvalue weighted by atomic mass is 10.1. The first kappa shape index (κ1) is 17.7. The van der Waals surface area contributed by atoms with Gasteiger partial charge in [-0.3, -0.25) is 9.89 Å². The van der Waals surface area contributed by atoms with Gasteiger partial charge in [0.2, 0.25) is 0 Å². The first-order valence-corrected chi connectivity index (χ1v) is 9.90. The topological polar surface area (TPSA) is 113 Å². The van der Waals surface area contributed by atoms with Crippen LogP contribution in [-0.2, 0) is 12.2 Å². The van der Waals surface area contributed by atoms with Crippen LogP contribution in [-0.4, -0.2) is 36.9 Å². The molecule has 2 N–H and O–H groups in total. The molecule has 0 fully saturated rings. The minimum atomic E-state index is -0.981. The highest BCUT2D eigenvalue weighted by Crippen LogP contribution is 2.29. The van der Waals surface area contributed by atoms with E-state index in [4.69, 9.17) is 5.11 Å². The molecule has 4 rings (SSSR count). The number of hydrogen-bond donors (Lipinski definition) is 2. The minimum Gasteiger partial charge on any atom is -0.478 e. The van der Waals surface area contributed by atoms with Gasteiger partial charge in [-0.05, 0) is 37.6 Å². The maximum Gasteiger partial charge on any atom is 0.335 e. The Morgan fingerprint density at radius 1 is 1.37 bits per heavy atom. The Morgan fingerprint density at radius 2 is 2.19 bits per heavy atom. The molecule has 2 aromatic heterocycles. The molecule has 0 atom stereocenters. The predicted octanol–water partition coefficient (Wildman–Crippen LogP) is 2.77. The summed E-state index contributed by atoms with van der Waals surface area (Å²) in [6.45, 7) is 3.68. The third kappa shape index (κ3) is 3.33. The average molecular weight is 401 g/mol. The Kier molecular flexibility index (Phi) is 4.44. The van der Waals surface area contributed by atoms with Gasteiger partial charge in [0.25, 0.3) is 5.56 Å². The zero-order chi connectivity index (χ0) is 19.1. The number of carboxylic acids is 1. The van der Waals surface area contributed by atoms with Crippen molar-refractivity contribution in [2.24, 2.45) is 4.99 Å². The van der Waals surface area contributed by atoms with Crippen LogP contribution in [0.2, 0.25) is 0 Å². The first-order valence-electron chi connectivity index (χ1n) is 8.10. The summed E-state index contributed by atoms with van der Waals surface area (Å²) in [7, 11) is 0. The van der Waals surface area contributed by atoms with E-state index in [9.17, 15) is 9.59 Å². The van der Waals surface area contributed by atoms with Crippen molar-refractivity contribution in [3.63, 3.8) is 0 Å². The van der Waals surface area contributed by atoms with E-state index in [0.29, 0.717) is 29.3 Å². The van der Waals surface area contributed by atoms with E-state index in [0.717, 1.165) is 20.6 Å². The fraction of sp³-hybridized carbons (Fsp3) is 0.235. The molecule has 0 aliphatic carbocycles. The lowest BCUT2D eigenvalue weighted by Gasteiger charge is -2.01. The van der Waals surface area contributed by atoms with Gasteiger partial charge in [-0.2, -0.15) is 0 Å². The van der Waals surface area contributed by atoms with E-state index in [1.54, 1.807) is 19.1 Å². The Balaban J connectivity index is 1.58. The molecule has 10 heteroatoms. The molecule has 0 radical (unpaired) electrons. The molecule has 0 bridgehead atoms. The molecular formula is C17H15N5O3S2. The number of aromatic amines is 1. The summed E-state index contributed by atoms with van der Waals surface area (Å²) in [5.74, 6) is 0.153. The van der Waals surface area contributed by atoms with E-state index in [1.807, 2.05) is 6.92 Å². The zero-order valence-electron chi connectivity index (χ0n) is 14.5. The van der Waals surface area contributed by atoms with Crippen molar-refractivity contribution in [1.29, 1.82) is 0 Å².